The molecule has 0 unspecified atom stereocenters. The van der Waals surface area contributed by atoms with Crippen LogP contribution in [-0.2, 0) is 39.9 Å². The summed E-state index contributed by atoms with van der Waals surface area (Å²) >= 11 is 0. The molecule has 2 aromatic rings. The van der Waals surface area contributed by atoms with Gasteiger partial charge in [-0.3, -0.25) is 14.4 Å². The van der Waals surface area contributed by atoms with E-state index in [4.69, 9.17) is 18.9 Å². The van der Waals surface area contributed by atoms with Crippen molar-refractivity contribution in [3.05, 3.63) is 30.5 Å². The number of carbonyl (C=O) groups is 3. The average molecular weight is 460 g/mol. The average Bonchev–Trinajstić information content (AvgIpc) is 3.32. The first-order valence-electron chi connectivity index (χ1n) is 10.4. The maximum absolute atomic E-state index is 11.7. The van der Waals surface area contributed by atoms with Crippen LogP contribution in [0.4, 0.5) is 5.69 Å². The lowest BCUT2D eigenvalue weighted by Gasteiger charge is -2.23. The van der Waals surface area contributed by atoms with E-state index in [2.05, 4.69) is 10.3 Å². The van der Waals surface area contributed by atoms with Crippen molar-refractivity contribution in [1.29, 1.82) is 0 Å². The molecule has 33 heavy (non-hydrogen) atoms. The number of nitrogens with zero attached hydrogens (tertiary/aromatic N) is 4. The van der Waals surface area contributed by atoms with Gasteiger partial charge in [-0.2, -0.15) is 0 Å². The molecule has 0 radical (unpaired) electrons. The smallest absolute Gasteiger partial charge is 0.303 e. The molecule has 1 saturated heterocycles. The summed E-state index contributed by atoms with van der Waals surface area (Å²) in [4.78, 5) is 36.6. The summed E-state index contributed by atoms with van der Waals surface area (Å²) < 4.78 is 23.4. The number of anilines is 1. The Morgan fingerprint density at radius 1 is 0.970 bits per heavy atom. The quantitative estimate of drug-likeness (QED) is 0.419. The lowest BCUT2D eigenvalue weighted by Crippen LogP contribution is -2.42. The van der Waals surface area contributed by atoms with Gasteiger partial charge in [0, 0.05) is 46.1 Å². The Balaban J connectivity index is 1.79. The summed E-state index contributed by atoms with van der Waals surface area (Å²) in [6, 6.07) is 7.86. The maximum Gasteiger partial charge on any atom is 0.303 e. The predicted molar refractivity (Wildman–Crippen MR) is 116 cm³/mol. The molecule has 2 heterocycles. The Morgan fingerprint density at radius 2 is 1.58 bits per heavy atom. The van der Waals surface area contributed by atoms with Crippen molar-refractivity contribution in [2.24, 2.45) is 0 Å². The zero-order valence-corrected chi connectivity index (χ0v) is 19.3. The summed E-state index contributed by atoms with van der Waals surface area (Å²) in [6.07, 6.45) is -1.59. The van der Waals surface area contributed by atoms with E-state index in [0.29, 0.717) is 5.69 Å². The van der Waals surface area contributed by atoms with Crippen LogP contribution < -0.4 is 4.90 Å². The molecule has 1 aliphatic heterocycles. The fraction of sp³-hybridized carbons (Fsp3) is 0.500. The Bertz CT molecular complexity index is 989. The number of rotatable bonds is 8. The Morgan fingerprint density at radius 3 is 2.12 bits per heavy atom. The second kappa shape index (κ2) is 10.4. The maximum atomic E-state index is 11.7. The third-order valence-electron chi connectivity index (χ3n) is 5.05. The number of hydrogen-bond donors (Lipinski definition) is 0. The van der Waals surface area contributed by atoms with Gasteiger partial charge in [0.15, 0.2) is 12.2 Å². The molecule has 0 bridgehead atoms. The van der Waals surface area contributed by atoms with E-state index in [1.807, 2.05) is 43.3 Å². The van der Waals surface area contributed by atoms with Gasteiger partial charge in [0.1, 0.15) is 24.5 Å². The number of carbonyl (C=O) groups excluding carboxylic acids is 3. The summed E-state index contributed by atoms with van der Waals surface area (Å²) in [7, 11) is 3.93. The van der Waals surface area contributed by atoms with Crippen LogP contribution in [0.3, 0.4) is 0 Å². The normalized spacial score (nSPS) is 22.0. The van der Waals surface area contributed by atoms with Crippen LogP contribution in [0.15, 0.2) is 30.5 Å². The number of ether oxygens (including phenoxy) is 4. The highest BCUT2D eigenvalue weighted by molar-refractivity contribution is 5.68. The first-order valence-corrected chi connectivity index (χ1v) is 10.4. The summed E-state index contributed by atoms with van der Waals surface area (Å²) in [5.41, 5.74) is 2.61. The van der Waals surface area contributed by atoms with Crippen LogP contribution in [0.5, 0.6) is 0 Å². The molecule has 0 aliphatic carbocycles. The number of esters is 3. The van der Waals surface area contributed by atoms with Gasteiger partial charge in [-0.05, 0) is 12.1 Å². The number of benzene rings is 1. The molecule has 0 N–H and O–H groups in total. The van der Waals surface area contributed by atoms with Gasteiger partial charge in [0.05, 0.1) is 12.7 Å². The van der Waals surface area contributed by atoms with Crippen molar-refractivity contribution in [1.82, 2.24) is 15.0 Å². The zero-order chi connectivity index (χ0) is 24.1. The van der Waals surface area contributed by atoms with E-state index >= 15 is 0 Å². The Labute approximate surface area is 191 Å². The molecule has 1 aromatic carbocycles. The van der Waals surface area contributed by atoms with Gasteiger partial charge in [0.2, 0.25) is 0 Å². The molecule has 0 spiro atoms. The van der Waals surface area contributed by atoms with Crippen molar-refractivity contribution in [3.8, 4) is 11.3 Å². The SMILES string of the molecule is CC(=O)OC[C@H]1O[C@@H](Cn2cc(-c3ccc(N(C)C)cc3)nn2)[C@@H](OC(C)=O)[C@@H]1OC(C)=O. The molecule has 0 saturated carbocycles. The molecule has 1 aliphatic rings. The first-order chi connectivity index (χ1) is 15.6. The minimum Gasteiger partial charge on any atom is -0.463 e. The topological polar surface area (TPSA) is 122 Å². The van der Waals surface area contributed by atoms with E-state index in [1.165, 1.54) is 20.8 Å². The van der Waals surface area contributed by atoms with Crippen LogP contribution >= 0.6 is 0 Å². The van der Waals surface area contributed by atoms with Crippen LogP contribution in [0.1, 0.15) is 20.8 Å². The number of aromatic nitrogens is 3. The van der Waals surface area contributed by atoms with Crippen molar-refractivity contribution < 1.29 is 33.3 Å². The highest BCUT2D eigenvalue weighted by Gasteiger charge is 2.49. The zero-order valence-electron chi connectivity index (χ0n) is 19.3. The van der Waals surface area contributed by atoms with Crippen molar-refractivity contribution >= 4 is 23.6 Å². The summed E-state index contributed by atoms with van der Waals surface area (Å²) in [6.45, 7) is 3.79. The molecule has 4 atom stereocenters. The van der Waals surface area contributed by atoms with Crippen LogP contribution in [0.2, 0.25) is 0 Å². The molecule has 1 fully saturated rings. The van der Waals surface area contributed by atoms with Crippen LogP contribution in [0, 0.1) is 0 Å². The third-order valence-corrected chi connectivity index (χ3v) is 5.05. The van der Waals surface area contributed by atoms with Crippen molar-refractivity contribution in [3.63, 3.8) is 0 Å². The standard InChI is InChI=1S/C22H28N4O7/c1-13(27)30-12-20-22(32-15(3)29)21(31-14(2)28)19(33-20)11-26-10-18(23-24-26)16-6-8-17(9-7-16)25(4)5/h6-10,19-22H,11-12H2,1-5H3/t19-,20+,21+,22+/m0/s1. The molecule has 11 nitrogen and oxygen atoms in total. The molecular formula is C22H28N4O7. The minimum absolute atomic E-state index is 0.150. The Kier molecular flexibility index (Phi) is 7.64. The van der Waals surface area contributed by atoms with Crippen LogP contribution in [-0.4, -0.2) is 78.0 Å². The van der Waals surface area contributed by atoms with E-state index < -0.39 is 42.3 Å². The van der Waals surface area contributed by atoms with E-state index in [-0.39, 0.29) is 13.2 Å². The van der Waals surface area contributed by atoms with Gasteiger partial charge >= 0.3 is 17.9 Å². The second-order valence-electron chi connectivity index (χ2n) is 7.93. The van der Waals surface area contributed by atoms with E-state index in [1.54, 1.807) is 10.9 Å². The highest BCUT2D eigenvalue weighted by atomic mass is 16.6. The first kappa shape index (κ1) is 24.2. The largest absolute Gasteiger partial charge is 0.463 e. The van der Waals surface area contributed by atoms with Gasteiger partial charge in [0.25, 0.3) is 0 Å². The summed E-state index contributed by atoms with van der Waals surface area (Å²) in [5.74, 6) is -1.63. The van der Waals surface area contributed by atoms with Gasteiger partial charge < -0.3 is 23.8 Å². The van der Waals surface area contributed by atoms with Crippen molar-refractivity contribution in [2.75, 3.05) is 25.6 Å². The number of hydrogen-bond acceptors (Lipinski definition) is 10. The minimum atomic E-state index is -0.933. The lowest BCUT2D eigenvalue weighted by atomic mass is 10.1. The van der Waals surface area contributed by atoms with E-state index in [9.17, 15) is 14.4 Å². The molecule has 0 amide bonds. The van der Waals surface area contributed by atoms with E-state index in [0.717, 1.165) is 11.3 Å². The highest BCUT2D eigenvalue weighted by Crippen LogP contribution is 2.29. The molecule has 3 rings (SSSR count). The fourth-order valence-electron chi connectivity index (χ4n) is 3.59. The molecule has 1 aromatic heterocycles. The molecular weight excluding hydrogens is 432 g/mol. The van der Waals surface area contributed by atoms with Gasteiger partial charge in [-0.1, -0.05) is 17.3 Å². The van der Waals surface area contributed by atoms with Gasteiger partial charge in [-0.15, -0.1) is 5.10 Å². The molecule has 11 heteroatoms. The monoisotopic (exact) mass is 460 g/mol. The Hall–Kier alpha value is -3.47. The van der Waals surface area contributed by atoms with Crippen molar-refractivity contribution in [2.45, 2.75) is 51.7 Å². The summed E-state index contributed by atoms with van der Waals surface area (Å²) in [5, 5.41) is 8.37. The second-order valence-corrected chi connectivity index (χ2v) is 7.93. The van der Waals surface area contributed by atoms with Crippen LogP contribution in [0.25, 0.3) is 11.3 Å². The predicted octanol–water partition coefficient (Wildman–Crippen LogP) is 1.20. The molecule has 178 valence electrons. The van der Waals surface area contributed by atoms with Gasteiger partial charge in [-0.25, -0.2) is 4.68 Å². The third kappa shape index (κ3) is 6.28. The fourth-order valence-corrected chi connectivity index (χ4v) is 3.59. The lowest BCUT2D eigenvalue weighted by molar-refractivity contribution is -0.165.